The van der Waals surface area contributed by atoms with Gasteiger partial charge in [0, 0.05) is 110 Å². The molecule has 5 N–H and O–H groups in total. The lowest BCUT2D eigenvalue weighted by Crippen LogP contribution is -2.72. The van der Waals surface area contributed by atoms with Crippen LogP contribution in [0.2, 0.25) is 0 Å². The Morgan fingerprint density at radius 1 is 0.364 bits per heavy atom. The van der Waals surface area contributed by atoms with Gasteiger partial charge in [0.05, 0.1) is 38.5 Å². The van der Waals surface area contributed by atoms with E-state index in [2.05, 4.69) is 281 Å². The lowest BCUT2D eigenvalue weighted by atomic mass is 9.82. The summed E-state index contributed by atoms with van der Waals surface area (Å²) in [5.41, 5.74) is 29.1. The summed E-state index contributed by atoms with van der Waals surface area (Å²) in [4.78, 5) is 44.1. The topological polar surface area (TPSA) is 211 Å². The van der Waals surface area contributed by atoms with Crippen molar-refractivity contribution in [2.24, 2.45) is 0 Å². The molecule has 0 atom stereocenters. The molecule has 0 radical (unpaired) electrons. The maximum atomic E-state index is 14.0. The number of carbonyl (C=O) groups is 2. The normalized spacial score (nSPS) is 14.3. The fraction of sp³-hybridized carbons (Fsp3) is 0.280. The molecule has 0 unspecified atom stereocenters. The van der Waals surface area contributed by atoms with E-state index in [0.29, 0.717) is 28.1 Å². The number of anilines is 8. The Morgan fingerprint density at radius 3 is 1.00 bits per heavy atom. The molecule has 0 aliphatic heterocycles. The van der Waals surface area contributed by atoms with E-state index in [0.717, 1.165) is 65.4 Å². The van der Waals surface area contributed by atoms with Crippen molar-refractivity contribution in [2.45, 2.75) is 134 Å². The molecule has 0 saturated carbocycles. The highest BCUT2D eigenvalue weighted by Crippen LogP contribution is 2.45. The van der Waals surface area contributed by atoms with Crippen LogP contribution >= 0.6 is 0 Å². The minimum absolute atomic E-state index is 0.0158. The molecule has 0 aromatic heterocycles. The highest BCUT2D eigenvalue weighted by molar-refractivity contribution is 7.86. The summed E-state index contributed by atoms with van der Waals surface area (Å²) in [5, 5.41) is 6.27. The summed E-state index contributed by atoms with van der Waals surface area (Å²) >= 11 is 0. The van der Waals surface area contributed by atoms with Gasteiger partial charge in [-0.15, -0.1) is 0 Å². The Balaban J connectivity index is 0.000000175. The van der Waals surface area contributed by atoms with Crippen LogP contribution in [0.25, 0.3) is 22.3 Å². The Hall–Kier alpha value is -11.5. The van der Waals surface area contributed by atoms with Crippen molar-refractivity contribution >= 4 is 111 Å². The molecular weight excluding hydrogens is 1510 g/mol. The molecule has 3 aliphatic carbocycles. The summed E-state index contributed by atoms with van der Waals surface area (Å²) in [6.45, 7) is 46.0. The number of aryl methyl sites for hydroxylation is 6. The first-order chi connectivity index (χ1) is 56.5. The highest BCUT2D eigenvalue weighted by atomic mass is 32.2. The molecule has 0 spiro atoms. The SMILES string of the molecule is CC[NH+]=C1C=CC(=C(c2ccc(N(CC)CC)cc2)c2ccc(N(CC)CC)cc2C)c2ccccc21.CC[NH+]=C1C=CC(=C(c2ccc(N(CC)CC)cc2)c2ccc(N(CC)CC)cc2C)c2ccccc21.Cc1cc(C)c(S(=O)(=O)[O-])c(C)c1Nc1ccc(Nc2c(C)cc(C)c(S(=O)(=O)O)c2C)c2c1C(=O)c1ccccc1C2=O. The number of allylic oxidation sites excluding steroid dienone is 6. The average molecular weight is 1620 g/mol. The number of benzene rings is 10. The second-order valence-corrected chi connectivity index (χ2v) is 32.7. The molecule has 0 heterocycles. The molecule has 13 rings (SSSR count). The first kappa shape index (κ1) is 87.3. The van der Waals surface area contributed by atoms with Crippen LogP contribution in [0.3, 0.4) is 0 Å². The van der Waals surface area contributed by atoms with Crippen molar-refractivity contribution in [3.8, 4) is 0 Å². The van der Waals surface area contributed by atoms with Crippen molar-refractivity contribution in [1.29, 1.82) is 0 Å². The molecular formula is C100H113N8O8S2+. The third-order valence-electron chi connectivity index (χ3n) is 22.8. The molecule has 0 saturated heterocycles. The molecule has 612 valence electrons. The number of nitrogens with zero attached hydrogens (tertiary/aromatic N) is 4. The fourth-order valence-corrected chi connectivity index (χ4v) is 19.0. The number of ketones is 2. The van der Waals surface area contributed by atoms with Gasteiger partial charge in [0.1, 0.15) is 28.1 Å². The van der Waals surface area contributed by atoms with Crippen LogP contribution in [0.5, 0.6) is 0 Å². The van der Waals surface area contributed by atoms with Gasteiger partial charge in [-0.1, -0.05) is 109 Å². The summed E-state index contributed by atoms with van der Waals surface area (Å²) < 4.78 is 70.6. The predicted molar refractivity (Wildman–Crippen MR) is 489 cm³/mol. The second kappa shape index (κ2) is 37.8. The molecule has 10 aromatic rings. The zero-order chi connectivity index (χ0) is 85.2. The number of nitrogens with one attached hydrogen (secondary N) is 4. The van der Waals surface area contributed by atoms with E-state index in [1.165, 1.54) is 133 Å². The maximum absolute atomic E-state index is 14.0. The third-order valence-corrected chi connectivity index (χ3v) is 25.1. The maximum Gasteiger partial charge on any atom is 0.295 e. The van der Waals surface area contributed by atoms with Crippen LogP contribution in [0.15, 0.2) is 216 Å². The monoisotopic (exact) mass is 1620 g/mol. The highest BCUT2D eigenvalue weighted by Gasteiger charge is 2.36. The first-order valence-electron chi connectivity index (χ1n) is 41.3. The van der Waals surface area contributed by atoms with Gasteiger partial charge in [0.15, 0.2) is 11.6 Å². The van der Waals surface area contributed by atoms with Gasteiger partial charge in [0.25, 0.3) is 10.1 Å². The van der Waals surface area contributed by atoms with Gasteiger partial charge in [0.2, 0.25) is 11.4 Å². The number of carbonyl (C=O) groups excluding carboxylic acids is 2. The van der Waals surface area contributed by atoms with Crippen LogP contribution < -0.4 is 40.2 Å². The van der Waals surface area contributed by atoms with E-state index in [-0.39, 0.29) is 60.1 Å². The molecule has 0 amide bonds. The van der Waals surface area contributed by atoms with E-state index >= 15 is 0 Å². The molecule has 3 aliphatic rings. The second-order valence-electron chi connectivity index (χ2n) is 30.0. The summed E-state index contributed by atoms with van der Waals surface area (Å²) in [6.07, 6.45) is 9.08. The van der Waals surface area contributed by atoms with E-state index in [9.17, 15) is 35.5 Å². The smallest absolute Gasteiger partial charge is 0.295 e. The van der Waals surface area contributed by atoms with Crippen LogP contribution in [-0.4, -0.2) is 114 Å². The molecule has 0 fully saturated rings. The summed E-state index contributed by atoms with van der Waals surface area (Å²) in [7, 11) is -9.40. The van der Waals surface area contributed by atoms with Gasteiger partial charge in [-0.25, -0.2) is 18.4 Å². The van der Waals surface area contributed by atoms with E-state index in [1.807, 2.05) is 0 Å². The van der Waals surface area contributed by atoms with Gasteiger partial charge in [-0.3, -0.25) is 14.1 Å². The van der Waals surface area contributed by atoms with Crippen LogP contribution in [0.1, 0.15) is 190 Å². The van der Waals surface area contributed by atoms with Crippen molar-refractivity contribution < 1.29 is 45.5 Å². The third kappa shape index (κ3) is 18.1. The number of rotatable bonds is 24. The van der Waals surface area contributed by atoms with Gasteiger partial charge < -0.3 is 34.8 Å². The molecule has 18 heteroatoms. The van der Waals surface area contributed by atoms with Gasteiger partial charge in [-0.2, -0.15) is 8.42 Å². The summed E-state index contributed by atoms with van der Waals surface area (Å²) in [6, 6.07) is 62.4. The predicted octanol–water partition coefficient (Wildman–Crippen LogP) is 18.2. The Morgan fingerprint density at radius 2 is 0.678 bits per heavy atom. The van der Waals surface area contributed by atoms with Crippen LogP contribution in [-0.2, 0) is 20.2 Å². The van der Waals surface area contributed by atoms with Crippen molar-refractivity contribution in [3.63, 3.8) is 0 Å². The largest absolute Gasteiger partial charge is 0.744 e. The minimum atomic E-state index is -4.82. The van der Waals surface area contributed by atoms with E-state index in [4.69, 9.17) is 0 Å². The molecule has 16 nitrogen and oxygen atoms in total. The molecule has 0 bridgehead atoms. The van der Waals surface area contributed by atoms with Crippen molar-refractivity contribution in [1.82, 2.24) is 0 Å². The average Bonchev–Trinajstić information content (AvgIpc) is 0.734. The van der Waals surface area contributed by atoms with Crippen LogP contribution in [0.4, 0.5) is 45.5 Å². The molecule has 10 aromatic carbocycles. The van der Waals surface area contributed by atoms with E-state index in [1.54, 1.807) is 69.3 Å². The quantitative estimate of drug-likeness (QED) is 0.0357. The lowest BCUT2D eigenvalue weighted by Gasteiger charge is -2.26. The van der Waals surface area contributed by atoms with E-state index < -0.39 is 31.8 Å². The number of hydrogen-bond acceptors (Lipinski definition) is 13. The number of fused-ring (bicyclic) bond motifs is 4. The summed E-state index contributed by atoms with van der Waals surface area (Å²) in [5.74, 6) is -0.921. The fourth-order valence-electron chi connectivity index (χ4n) is 17.1. The zero-order valence-corrected chi connectivity index (χ0v) is 73.2. The van der Waals surface area contributed by atoms with Gasteiger partial charge in [-0.05, 0) is 310 Å². The molecule has 118 heavy (non-hydrogen) atoms. The number of hydrogen-bond donors (Lipinski definition) is 5. The van der Waals surface area contributed by atoms with Crippen molar-refractivity contribution in [2.75, 3.05) is 95.7 Å². The van der Waals surface area contributed by atoms with Gasteiger partial charge >= 0.3 is 0 Å². The lowest BCUT2D eigenvalue weighted by molar-refractivity contribution is -0.451. The Kier molecular flexibility index (Phi) is 28.0. The zero-order valence-electron chi connectivity index (χ0n) is 71.6. The van der Waals surface area contributed by atoms with Crippen LogP contribution in [0, 0.1) is 55.4 Å². The minimum Gasteiger partial charge on any atom is -0.744 e. The standard InChI is InChI=1S/2C34H41N3.C32H30N2O8S2/c2*1-7-35-33-23-22-32(30-14-12-13-15-31(30)33)34(26-16-18-27(19-17-26)36(8-2)9-3)29-21-20-28(24-25(29)6)37(10-4)11-5;1-15-13-17(3)31(43(37,38)39)19(5)27(15)33-23-11-12-24(26-25(23)29(35)21-9-7-8-10-22(21)30(26)36)34-28-16(2)14-18(4)32(20(28)6)44(40,41)42/h2*12-24H,7-11H2,1-6H3;7-14,33-34H,1-6H3,(H,37,38,39)(H,40,41,42)/p+1. The Bertz CT molecular complexity index is 5560. The first-order valence-corrected chi connectivity index (χ1v) is 44.1. The Labute approximate surface area is 699 Å². The van der Waals surface area contributed by atoms with Crippen molar-refractivity contribution in [3.05, 3.63) is 318 Å².